The summed E-state index contributed by atoms with van der Waals surface area (Å²) >= 11 is 3.41. The van der Waals surface area contributed by atoms with E-state index in [0.717, 1.165) is 23.0 Å². The zero-order chi connectivity index (χ0) is 18.1. The molecule has 0 unspecified atom stereocenters. The quantitative estimate of drug-likeness (QED) is 0.812. The Morgan fingerprint density at radius 3 is 2.85 bits per heavy atom. The minimum absolute atomic E-state index is 0.0403. The van der Waals surface area contributed by atoms with Crippen molar-refractivity contribution in [3.05, 3.63) is 46.5 Å². The minimum atomic E-state index is -0.253. The van der Waals surface area contributed by atoms with Crippen molar-refractivity contribution in [1.82, 2.24) is 14.9 Å². The molecular weight excluding hydrogens is 400 g/mol. The van der Waals surface area contributed by atoms with Crippen LogP contribution in [-0.4, -0.2) is 46.4 Å². The minimum Gasteiger partial charge on any atom is -0.482 e. The first-order chi connectivity index (χ1) is 12.6. The zero-order valence-corrected chi connectivity index (χ0v) is 15.5. The number of benzene rings is 1. The molecule has 2 aromatic rings. The van der Waals surface area contributed by atoms with E-state index in [-0.39, 0.29) is 18.4 Å². The summed E-state index contributed by atoms with van der Waals surface area (Å²) in [5, 5.41) is 2.76. The van der Waals surface area contributed by atoms with Crippen LogP contribution >= 0.6 is 15.9 Å². The van der Waals surface area contributed by atoms with E-state index in [0.29, 0.717) is 36.0 Å². The molecule has 0 bridgehead atoms. The Balaban J connectivity index is 1.52. The molecule has 0 aliphatic carbocycles. The fraction of sp³-hybridized carbons (Fsp3) is 0.333. The molecule has 7 nitrogen and oxygen atoms in total. The standard InChI is InChI=1S/C18H17BrN4O3/c19-12-7-13(17-15(8-12)26-9-16(24)22-17)18(25)23-5-2-11(3-6-23)14-1-4-20-10-21-14/h1,4,7-8,10-11H,2-3,5-6,9H2,(H,22,24). The molecule has 1 fully saturated rings. The second-order valence-corrected chi connectivity index (χ2v) is 7.28. The molecule has 0 radical (unpaired) electrons. The predicted octanol–water partition coefficient (Wildman–Crippen LogP) is 2.59. The molecule has 26 heavy (non-hydrogen) atoms. The number of fused-ring (bicyclic) bond motifs is 1. The number of likely N-dealkylation sites (tertiary alicyclic amines) is 1. The second kappa shape index (κ2) is 7.03. The Morgan fingerprint density at radius 2 is 2.12 bits per heavy atom. The first kappa shape index (κ1) is 17.0. The average Bonchev–Trinajstić information content (AvgIpc) is 2.68. The maximum absolute atomic E-state index is 13.0. The van der Waals surface area contributed by atoms with E-state index in [2.05, 4.69) is 31.2 Å². The molecule has 1 N–H and O–H groups in total. The molecule has 0 atom stereocenters. The number of carbonyl (C=O) groups is 2. The second-order valence-electron chi connectivity index (χ2n) is 6.36. The lowest BCUT2D eigenvalue weighted by molar-refractivity contribution is -0.118. The van der Waals surface area contributed by atoms with Crippen molar-refractivity contribution in [2.45, 2.75) is 18.8 Å². The topological polar surface area (TPSA) is 84.4 Å². The van der Waals surface area contributed by atoms with Crippen LogP contribution in [0.1, 0.15) is 34.8 Å². The first-order valence-electron chi connectivity index (χ1n) is 8.43. The van der Waals surface area contributed by atoms with Crippen molar-refractivity contribution in [2.24, 2.45) is 0 Å². The number of carbonyl (C=O) groups excluding carboxylic acids is 2. The van der Waals surface area contributed by atoms with Gasteiger partial charge < -0.3 is 15.0 Å². The van der Waals surface area contributed by atoms with Crippen LogP contribution in [0.4, 0.5) is 5.69 Å². The number of ether oxygens (including phenoxy) is 1. The van der Waals surface area contributed by atoms with Gasteiger partial charge in [-0.05, 0) is 31.0 Å². The summed E-state index contributed by atoms with van der Waals surface area (Å²) in [4.78, 5) is 34.8. The molecule has 4 rings (SSSR count). The normalized spacial score (nSPS) is 17.3. The monoisotopic (exact) mass is 416 g/mol. The summed E-state index contributed by atoms with van der Waals surface area (Å²) in [5.74, 6) is 0.491. The number of hydrogen-bond donors (Lipinski definition) is 1. The molecule has 0 saturated carbocycles. The van der Waals surface area contributed by atoms with E-state index < -0.39 is 0 Å². The first-order valence-corrected chi connectivity index (χ1v) is 9.22. The van der Waals surface area contributed by atoms with Gasteiger partial charge in [-0.2, -0.15) is 0 Å². The van der Waals surface area contributed by atoms with Crippen LogP contribution in [0.5, 0.6) is 5.75 Å². The highest BCUT2D eigenvalue weighted by Gasteiger charge is 2.29. The van der Waals surface area contributed by atoms with Gasteiger partial charge >= 0.3 is 0 Å². The van der Waals surface area contributed by atoms with Gasteiger partial charge in [0.25, 0.3) is 11.8 Å². The van der Waals surface area contributed by atoms with Crippen molar-refractivity contribution in [3.8, 4) is 5.75 Å². The van der Waals surface area contributed by atoms with Crippen molar-refractivity contribution >= 4 is 33.4 Å². The van der Waals surface area contributed by atoms with Crippen molar-refractivity contribution in [1.29, 1.82) is 0 Å². The van der Waals surface area contributed by atoms with Gasteiger partial charge in [-0.25, -0.2) is 9.97 Å². The van der Waals surface area contributed by atoms with Gasteiger partial charge in [-0.1, -0.05) is 15.9 Å². The highest BCUT2D eigenvalue weighted by molar-refractivity contribution is 9.10. The number of hydrogen-bond acceptors (Lipinski definition) is 5. The summed E-state index contributed by atoms with van der Waals surface area (Å²) < 4.78 is 6.18. The van der Waals surface area contributed by atoms with Crippen LogP contribution in [0, 0.1) is 0 Å². The molecule has 8 heteroatoms. The molecule has 2 aliphatic rings. The SMILES string of the molecule is O=C1COc2cc(Br)cc(C(=O)N3CCC(c4ccncn4)CC3)c2N1. The van der Waals surface area contributed by atoms with Crippen LogP contribution in [0.3, 0.4) is 0 Å². The van der Waals surface area contributed by atoms with E-state index in [1.807, 2.05) is 11.0 Å². The van der Waals surface area contributed by atoms with Crippen LogP contribution in [-0.2, 0) is 4.79 Å². The van der Waals surface area contributed by atoms with Gasteiger partial charge in [0.05, 0.1) is 11.3 Å². The third-order valence-electron chi connectivity index (χ3n) is 4.73. The van der Waals surface area contributed by atoms with Gasteiger partial charge in [-0.15, -0.1) is 0 Å². The van der Waals surface area contributed by atoms with Gasteiger partial charge in [-0.3, -0.25) is 9.59 Å². The summed E-state index contributed by atoms with van der Waals surface area (Å²) in [6.45, 7) is 1.24. The molecule has 3 heterocycles. The molecule has 1 aromatic carbocycles. The van der Waals surface area contributed by atoms with Gasteiger partial charge in [0, 0.05) is 35.4 Å². The van der Waals surface area contributed by atoms with Crippen LogP contribution in [0.25, 0.3) is 0 Å². The van der Waals surface area contributed by atoms with Crippen LogP contribution < -0.4 is 10.1 Å². The third-order valence-corrected chi connectivity index (χ3v) is 5.18. The Morgan fingerprint density at radius 1 is 1.31 bits per heavy atom. The molecule has 2 aliphatic heterocycles. The fourth-order valence-electron chi connectivity index (χ4n) is 3.40. The largest absolute Gasteiger partial charge is 0.482 e. The number of amides is 2. The highest BCUT2D eigenvalue weighted by atomic mass is 79.9. The van der Waals surface area contributed by atoms with Crippen molar-refractivity contribution < 1.29 is 14.3 Å². The van der Waals surface area contributed by atoms with Crippen molar-refractivity contribution in [2.75, 3.05) is 25.0 Å². The van der Waals surface area contributed by atoms with E-state index >= 15 is 0 Å². The third kappa shape index (κ3) is 3.29. The molecule has 2 amide bonds. The summed E-state index contributed by atoms with van der Waals surface area (Å²) in [6.07, 6.45) is 5.00. The smallest absolute Gasteiger partial charge is 0.262 e. The van der Waals surface area contributed by atoms with Crippen molar-refractivity contribution in [3.63, 3.8) is 0 Å². The molecule has 1 aromatic heterocycles. The van der Waals surface area contributed by atoms with Gasteiger partial charge in [0.2, 0.25) is 0 Å². The lowest BCUT2D eigenvalue weighted by atomic mass is 9.93. The summed E-state index contributed by atoms with van der Waals surface area (Å²) in [6, 6.07) is 5.42. The van der Waals surface area contributed by atoms with Gasteiger partial charge in [0.1, 0.15) is 12.1 Å². The van der Waals surface area contributed by atoms with Gasteiger partial charge in [0.15, 0.2) is 6.61 Å². The van der Waals surface area contributed by atoms with E-state index in [9.17, 15) is 9.59 Å². The summed E-state index contributed by atoms with van der Waals surface area (Å²) in [5.41, 5.74) is 1.92. The molecular formula is C18H17BrN4O3. The number of piperidine rings is 1. The number of halogens is 1. The number of anilines is 1. The highest BCUT2D eigenvalue weighted by Crippen LogP contribution is 2.36. The summed E-state index contributed by atoms with van der Waals surface area (Å²) in [7, 11) is 0. The number of nitrogens with one attached hydrogen (secondary N) is 1. The maximum atomic E-state index is 13.0. The Kier molecular flexibility index (Phi) is 4.58. The Bertz CT molecular complexity index is 851. The van der Waals surface area contributed by atoms with E-state index in [1.165, 1.54) is 0 Å². The number of nitrogens with zero attached hydrogens (tertiary/aromatic N) is 3. The average molecular weight is 417 g/mol. The van der Waals surface area contributed by atoms with Crippen LogP contribution in [0.15, 0.2) is 35.2 Å². The van der Waals surface area contributed by atoms with Crippen LogP contribution in [0.2, 0.25) is 0 Å². The number of rotatable bonds is 2. The fourth-order valence-corrected chi connectivity index (χ4v) is 3.84. The lowest BCUT2D eigenvalue weighted by Crippen LogP contribution is -2.39. The predicted molar refractivity (Wildman–Crippen MR) is 98.2 cm³/mol. The molecule has 1 saturated heterocycles. The molecule has 0 spiro atoms. The van der Waals surface area contributed by atoms with E-state index in [4.69, 9.17) is 4.74 Å². The number of aromatic nitrogens is 2. The lowest BCUT2D eigenvalue weighted by Gasteiger charge is -2.32. The van der Waals surface area contributed by atoms with E-state index in [1.54, 1.807) is 24.7 Å². The Hall–Kier alpha value is -2.48. The zero-order valence-electron chi connectivity index (χ0n) is 13.9. The maximum Gasteiger partial charge on any atom is 0.262 e. The Labute approximate surface area is 158 Å². The molecule has 134 valence electrons.